The van der Waals surface area contributed by atoms with Crippen LogP contribution in [0.3, 0.4) is 0 Å². The van der Waals surface area contributed by atoms with E-state index in [2.05, 4.69) is 34.2 Å². The predicted molar refractivity (Wildman–Crippen MR) is 163 cm³/mol. The van der Waals surface area contributed by atoms with Gasteiger partial charge >= 0.3 is 21.1 Å². The molecule has 7 heteroatoms. The molecule has 0 amide bonds. The summed E-state index contributed by atoms with van der Waals surface area (Å²) in [6, 6.07) is 52.6. The molecule has 0 unspecified atom stereocenters. The van der Waals surface area contributed by atoms with Crippen LogP contribution in [0.4, 0.5) is 0 Å². The van der Waals surface area contributed by atoms with Crippen molar-refractivity contribution in [2.24, 2.45) is 0 Å². The molecule has 0 saturated heterocycles. The van der Waals surface area contributed by atoms with E-state index in [0.717, 1.165) is 0 Å². The molecule has 202 valence electrons. The first-order valence-electron chi connectivity index (χ1n) is 12.6. The second-order valence-corrected chi connectivity index (χ2v) is 13.9. The van der Waals surface area contributed by atoms with Crippen LogP contribution in [0.15, 0.2) is 146 Å². The van der Waals surface area contributed by atoms with Gasteiger partial charge in [-0.15, -0.1) is 0 Å². The fraction of sp³-hybridized carbons (Fsp3) is 0. The number of hydrogen-bond donors (Lipinski definition) is 0. The van der Waals surface area contributed by atoms with E-state index in [-0.39, 0.29) is 21.1 Å². The monoisotopic (exact) mass is 749 g/mol. The zero-order valence-corrected chi connectivity index (χ0v) is 25.8. The van der Waals surface area contributed by atoms with Crippen LogP contribution in [0, 0.1) is 24.3 Å². The molecule has 2 heterocycles. The molecule has 6 rings (SSSR count). The average molecular weight is 750 g/mol. The van der Waals surface area contributed by atoms with Crippen LogP contribution in [-0.2, 0) is 30.2 Å². The molecule has 0 aliphatic heterocycles. The maximum atomic E-state index is 13.7. The topological polar surface area (TPSA) is 59.9 Å². The van der Waals surface area contributed by atoms with Gasteiger partial charge in [0.1, 0.15) is 25.2 Å². The number of rotatable bonds is 6. The number of benzene rings is 4. The average Bonchev–Trinajstić information content (AvgIpc) is 3.07. The molecule has 0 N–H and O–H groups in total. The zero-order chi connectivity index (χ0) is 27.7. The van der Waals surface area contributed by atoms with E-state index in [1.807, 2.05) is 97.1 Å². The summed E-state index contributed by atoms with van der Waals surface area (Å²) in [6.45, 7) is 0. The predicted octanol–water partition coefficient (Wildman–Crippen LogP) is 4.64. The maximum Gasteiger partial charge on any atom is 4.00 e. The summed E-state index contributed by atoms with van der Waals surface area (Å²) in [5.41, 5.74) is 1.12. The number of nitrogens with zero attached hydrogens (tertiary/aromatic N) is 2. The van der Waals surface area contributed by atoms with Crippen molar-refractivity contribution < 1.29 is 30.2 Å². The summed E-state index contributed by atoms with van der Waals surface area (Å²) in [5.74, 6) is 0. The Morgan fingerprint density at radius 3 is 0.927 bits per heavy atom. The van der Waals surface area contributed by atoms with Gasteiger partial charge in [0, 0.05) is 12.4 Å². The Hall–Kier alpha value is -3.67. The molecule has 0 saturated carbocycles. The van der Waals surface area contributed by atoms with E-state index in [1.54, 1.807) is 48.8 Å². The van der Waals surface area contributed by atoms with Crippen molar-refractivity contribution in [1.82, 2.24) is 9.97 Å². The fourth-order valence-electron chi connectivity index (χ4n) is 4.15. The molecular formula is C34H24N2O2P2Pt. The minimum absolute atomic E-state index is 0. The third-order valence-electron chi connectivity index (χ3n) is 6.07. The van der Waals surface area contributed by atoms with Crippen LogP contribution >= 0.6 is 14.3 Å². The van der Waals surface area contributed by atoms with Gasteiger partial charge in [0.15, 0.2) is 0 Å². The Balaban J connectivity index is 0.000000184. The third kappa shape index (κ3) is 6.63. The molecule has 0 radical (unpaired) electrons. The van der Waals surface area contributed by atoms with Crippen LogP contribution in [0.1, 0.15) is 0 Å². The quantitative estimate of drug-likeness (QED) is 0.184. The number of pyridine rings is 2. The normalized spacial score (nSPS) is 10.9. The molecule has 41 heavy (non-hydrogen) atoms. The van der Waals surface area contributed by atoms with Crippen LogP contribution in [0.5, 0.6) is 0 Å². The van der Waals surface area contributed by atoms with E-state index >= 15 is 0 Å². The van der Waals surface area contributed by atoms with Gasteiger partial charge in [-0.05, 0) is 24.3 Å². The first-order valence-corrected chi connectivity index (χ1v) is 16.0. The van der Waals surface area contributed by atoms with Gasteiger partial charge in [0.05, 0.1) is 0 Å². The Morgan fingerprint density at radius 1 is 0.415 bits per heavy atom. The molecule has 0 fully saturated rings. The fourth-order valence-corrected chi connectivity index (χ4v) is 8.92. The minimum atomic E-state index is -3.00. The van der Waals surface area contributed by atoms with Crippen LogP contribution in [-0.4, -0.2) is 9.97 Å². The van der Waals surface area contributed by atoms with Crippen LogP contribution in [0.2, 0.25) is 0 Å². The van der Waals surface area contributed by atoms with E-state index in [4.69, 9.17) is 0 Å². The Morgan fingerprint density at radius 2 is 0.707 bits per heavy atom. The van der Waals surface area contributed by atoms with Crippen molar-refractivity contribution >= 4 is 46.4 Å². The maximum absolute atomic E-state index is 13.7. The Labute approximate surface area is 255 Å². The molecule has 0 bridgehead atoms. The van der Waals surface area contributed by atoms with E-state index < -0.39 is 14.3 Å². The molecule has 4 aromatic carbocycles. The van der Waals surface area contributed by atoms with Crippen molar-refractivity contribution in [3.05, 3.63) is 170 Å². The minimum Gasteiger partial charge on any atom is -0.311 e. The SMILES string of the molecule is O=P(c1[c-]cccc1)(c1[c-]cccc1)c1ccccn1.O=P(c1[c-]cccc1)(c1[c-]cccc1)c1ccccn1.[Pt+4]. The van der Waals surface area contributed by atoms with Crippen LogP contribution in [0.25, 0.3) is 0 Å². The molecule has 4 nitrogen and oxygen atoms in total. The molecule has 0 aliphatic carbocycles. The summed E-state index contributed by atoms with van der Waals surface area (Å²) >= 11 is 0. The summed E-state index contributed by atoms with van der Waals surface area (Å²) in [5, 5.41) is 2.62. The van der Waals surface area contributed by atoms with Gasteiger partial charge in [-0.1, -0.05) is 33.4 Å². The van der Waals surface area contributed by atoms with Crippen molar-refractivity contribution in [1.29, 1.82) is 0 Å². The van der Waals surface area contributed by atoms with E-state index in [1.165, 1.54) is 0 Å². The molecule has 0 atom stereocenters. The molecule has 2 aromatic heterocycles. The standard InChI is InChI=1S/2C17H12NOP.Pt/c2*19-20(15-9-3-1-4-10-15,16-11-5-2-6-12-16)17-13-7-8-14-18-17;/h2*1-9,11,13-14H;/q2*-2;+4. The molecule has 0 spiro atoms. The van der Waals surface area contributed by atoms with Crippen LogP contribution < -0.4 is 32.1 Å². The van der Waals surface area contributed by atoms with Gasteiger partial charge in [-0.2, -0.15) is 121 Å². The summed E-state index contributed by atoms with van der Waals surface area (Å²) in [6.07, 6.45) is 3.32. The van der Waals surface area contributed by atoms with Gasteiger partial charge in [-0.3, -0.25) is 9.97 Å². The Bertz CT molecular complexity index is 1390. The van der Waals surface area contributed by atoms with Gasteiger partial charge in [0.25, 0.3) is 0 Å². The third-order valence-corrected chi connectivity index (χ3v) is 11.7. The van der Waals surface area contributed by atoms with Crippen molar-refractivity contribution in [3.8, 4) is 0 Å². The molecule has 0 aliphatic rings. The van der Waals surface area contributed by atoms with Crippen molar-refractivity contribution in [3.63, 3.8) is 0 Å². The van der Waals surface area contributed by atoms with Gasteiger partial charge < -0.3 is 9.13 Å². The van der Waals surface area contributed by atoms with Crippen molar-refractivity contribution in [2.75, 3.05) is 0 Å². The van der Waals surface area contributed by atoms with Gasteiger partial charge in [-0.25, -0.2) is 0 Å². The molecular weight excluding hydrogens is 725 g/mol. The number of hydrogen-bond acceptors (Lipinski definition) is 4. The molecule has 6 aromatic rings. The summed E-state index contributed by atoms with van der Waals surface area (Å²) in [7, 11) is -6.00. The summed E-state index contributed by atoms with van der Waals surface area (Å²) in [4.78, 5) is 8.60. The zero-order valence-electron chi connectivity index (χ0n) is 21.8. The first kappa shape index (κ1) is 30.3. The second kappa shape index (κ2) is 14.3. The summed E-state index contributed by atoms with van der Waals surface area (Å²) < 4.78 is 27.4. The van der Waals surface area contributed by atoms with Gasteiger partial charge in [0.2, 0.25) is 0 Å². The van der Waals surface area contributed by atoms with E-state index in [0.29, 0.717) is 32.1 Å². The Kier molecular flexibility index (Phi) is 10.6. The first-order chi connectivity index (χ1) is 19.6. The smallest absolute Gasteiger partial charge is 0.311 e. The number of aromatic nitrogens is 2. The largest absolute Gasteiger partial charge is 4.00 e. The van der Waals surface area contributed by atoms with E-state index in [9.17, 15) is 9.13 Å². The second-order valence-electron chi connectivity index (χ2n) is 8.59. The van der Waals surface area contributed by atoms with Crippen molar-refractivity contribution in [2.45, 2.75) is 0 Å².